The van der Waals surface area contributed by atoms with Gasteiger partial charge in [-0.3, -0.25) is 9.59 Å². The number of aryl methyl sites for hydroxylation is 1. The first-order valence-electron chi connectivity index (χ1n) is 12.4. The average molecular weight is 480 g/mol. The number of rotatable bonds is 7. The third kappa shape index (κ3) is 5.51. The zero-order valence-electron chi connectivity index (χ0n) is 20.1. The fourth-order valence-corrected chi connectivity index (χ4v) is 4.55. The Bertz CT molecular complexity index is 1330. The summed E-state index contributed by atoms with van der Waals surface area (Å²) in [5, 5.41) is 14.8. The lowest BCUT2D eigenvalue weighted by atomic mass is 10.0. The monoisotopic (exact) mass is 479 g/mol. The summed E-state index contributed by atoms with van der Waals surface area (Å²) >= 11 is 0. The standard InChI is InChI=1S/C29H29N5O2/c35-28(22-13-6-2-7-14-22)31-25(19-21-11-4-1-5-12-21)29(36)30-24-16-10-15-23(20-24)27-33-32-26-17-8-3-9-18-34(26)27/h1-2,4-7,10-16,20,25H,3,8-9,17-19H2,(H,30,36)(H,31,35)/t25-/m0/s1. The summed E-state index contributed by atoms with van der Waals surface area (Å²) in [4.78, 5) is 26.3. The summed E-state index contributed by atoms with van der Waals surface area (Å²) < 4.78 is 2.19. The Morgan fingerprint density at radius 3 is 2.44 bits per heavy atom. The van der Waals surface area contributed by atoms with Crippen LogP contribution < -0.4 is 10.6 Å². The molecule has 0 saturated carbocycles. The molecule has 182 valence electrons. The molecule has 0 aliphatic carbocycles. The highest BCUT2D eigenvalue weighted by molar-refractivity contribution is 6.01. The van der Waals surface area contributed by atoms with Crippen LogP contribution in [0.15, 0.2) is 84.9 Å². The summed E-state index contributed by atoms with van der Waals surface area (Å²) in [7, 11) is 0. The van der Waals surface area contributed by atoms with Crippen molar-refractivity contribution >= 4 is 17.5 Å². The highest BCUT2D eigenvalue weighted by atomic mass is 16.2. The zero-order chi connectivity index (χ0) is 24.7. The number of amides is 2. The molecule has 1 aliphatic heterocycles. The van der Waals surface area contributed by atoms with Gasteiger partial charge in [0.1, 0.15) is 11.9 Å². The third-order valence-electron chi connectivity index (χ3n) is 6.44. The number of hydrogen-bond acceptors (Lipinski definition) is 4. The van der Waals surface area contributed by atoms with Crippen molar-refractivity contribution in [2.24, 2.45) is 0 Å². The van der Waals surface area contributed by atoms with E-state index in [1.54, 1.807) is 24.3 Å². The third-order valence-corrected chi connectivity index (χ3v) is 6.44. The van der Waals surface area contributed by atoms with Gasteiger partial charge in [-0.1, -0.05) is 67.1 Å². The van der Waals surface area contributed by atoms with Gasteiger partial charge < -0.3 is 15.2 Å². The van der Waals surface area contributed by atoms with Crippen LogP contribution in [0, 0.1) is 0 Å². The van der Waals surface area contributed by atoms with Crippen LogP contribution >= 0.6 is 0 Å². The first-order valence-corrected chi connectivity index (χ1v) is 12.4. The SMILES string of the molecule is O=C(N[C@@H](Cc1ccccc1)C(=O)Nc1cccc(-c2nnc3n2CCCCC3)c1)c1ccccc1. The van der Waals surface area contributed by atoms with E-state index in [1.807, 2.05) is 60.7 Å². The molecule has 0 spiro atoms. The Labute approximate surface area is 210 Å². The molecule has 1 aromatic heterocycles. The van der Waals surface area contributed by atoms with Crippen LogP contribution in [0.1, 0.15) is 41.0 Å². The number of carbonyl (C=O) groups excluding carboxylic acids is 2. The maximum atomic E-state index is 13.4. The molecule has 7 heteroatoms. The van der Waals surface area contributed by atoms with Crippen molar-refractivity contribution < 1.29 is 9.59 Å². The Morgan fingerprint density at radius 2 is 1.64 bits per heavy atom. The first-order chi connectivity index (χ1) is 17.7. The van der Waals surface area contributed by atoms with Gasteiger partial charge >= 0.3 is 0 Å². The highest BCUT2D eigenvalue weighted by Gasteiger charge is 2.23. The number of aromatic nitrogens is 3. The molecule has 0 bridgehead atoms. The molecule has 0 radical (unpaired) electrons. The second-order valence-electron chi connectivity index (χ2n) is 9.05. The molecule has 5 rings (SSSR count). The van der Waals surface area contributed by atoms with E-state index in [1.165, 1.54) is 6.42 Å². The Morgan fingerprint density at radius 1 is 0.861 bits per heavy atom. The molecule has 1 atom stereocenters. The molecule has 0 fully saturated rings. The van der Waals surface area contributed by atoms with Gasteiger partial charge in [0.05, 0.1) is 0 Å². The van der Waals surface area contributed by atoms with Crippen molar-refractivity contribution in [3.63, 3.8) is 0 Å². The van der Waals surface area contributed by atoms with E-state index in [2.05, 4.69) is 25.4 Å². The van der Waals surface area contributed by atoms with Crippen LogP contribution in [0.2, 0.25) is 0 Å². The van der Waals surface area contributed by atoms with Crippen LogP contribution in [-0.2, 0) is 24.2 Å². The van der Waals surface area contributed by atoms with Crippen molar-refractivity contribution in [2.45, 2.75) is 44.7 Å². The molecule has 0 saturated heterocycles. The van der Waals surface area contributed by atoms with Crippen molar-refractivity contribution in [3.8, 4) is 11.4 Å². The lowest BCUT2D eigenvalue weighted by Crippen LogP contribution is -2.45. The smallest absolute Gasteiger partial charge is 0.251 e. The summed E-state index contributed by atoms with van der Waals surface area (Å²) in [5.74, 6) is 1.27. The van der Waals surface area contributed by atoms with Gasteiger partial charge in [0, 0.05) is 36.2 Å². The summed E-state index contributed by atoms with van der Waals surface area (Å²) in [5.41, 5.74) is 3.03. The molecular formula is C29H29N5O2. The number of nitrogens with one attached hydrogen (secondary N) is 2. The number of anilines is 1. The summed E-state index contributed by atoms with van der Waals surface area (Å²) in [6.07, 6.45) is 4.74. The van der Waals surface area contributed by atoms with Gasteiger partial charge in [-0.15, -0.1) is 10.2 Å². The van der Waals surface area contributed by atoms with E-state index in [9.17, 15) is 9.59 Å². The molecule has 2 amide bonds. The molecular weight excluding hydrogens is 450 g/mol. The molecule has 0 unspecified atom stereocenters. The molecule has 1 aliphatic rings. The van der Waals surface area contributed by atoms with Crippen molar-refractivity contribution in [1.82, 2.24) is 20.1 Å². The molecule has 3 aromatic carbocycles. The lowest BCUT2D eigenvalue weighted by Gasteiger charge is -2.19. The van der Waals surface area contributed by atoms with Crippen LogP contribution in [0.5, 0.6) is 0 Å². The Hall–Kier alpha value is -4.26. The molecule has 4 aromatic rings. The van der Waals surface area contributed by atoms with E-state index in [4.69, 9.17) is 0 Å². The van der Waals surface area contributed by atoms with Gasteiger partial charge in [-0.05, 0) is 42.7 Å². The molecule has 36 heavy (non-hydrogen) atoms. The van der Waals surface area contributed by atoms with E-state index in [0.29, 0.717) is 17.7 Å². The van der Waals surface area contributed by atoms with Crippen molar-refractivity contribution in [3.05, 3.63) is 102 Å². The van der Waals surface area contributed by atoms with Crippen LogP contribution in [0.4, 0.5) is 5.69 Å². The number of hydrogen-bond donors (Lipinski definition) is 2. The fraction of sp³-hybridized carbons (Fsp3) is 0.241. The molecule has 2 heterocycles. The van der Waals surface area contributed by atoms with E-state index >= 15 is 0 Å². The first kappa shape index (κ1) is 23.5. The van der Waals surface area contributed by atoms with Gasteiger partial charge in [-0.2, -0.15) is 0 Å². The molecule has 7 nitrogen and oxygen atoms in total. The normalized spacial score (nSPS) is 13.8. The van der Waals surface area contributed by atoms with Crippen LogP contribution in [-0.4, -0.2) is 32.6 Å². The largest absolute Gasteiger partial charge is 0.340 e. The fourth-order valence-electron chi connectivity index (χ4n) is 4.55. The summed E-state index contributed by atoms with van der Waals surface area (Å²) in [6.45, 7) is 0.902. The maximum absolute atomic E-state index is 13.4. The second-order valence-corrected chi connectivity index (χ2v) is 9.05. The minimum atomic E-state index is -0.742. The summed E-state index contributed by atoms with van der Waals surface area (Å²) in [6, 6.07) is 25.5. The minimum Gasteiger partial charge on any atom is -0.340 e. The van der Waals surface area contributed by atoms with Gasteiger partial charge in [0.2, 0.25) is 5.91 Å². The number of carbonyl (C=O) groups is 2. The van der Waals surface area contributed by atoms with Crippen LogP contribution in [0.3, 0.4) is 0 Å². The van der Waals surface area contributed by atoms with Gasteiger partial charge in [0.25, 0.3) is 5.91 Å². The number of fused-ring (bicyclic) bond motifs is 1. The number of nitrogens with zero attached hydrogens (tertiary/aromatic N) is 3. The molecule has 2 N–H and O–H groups in total. The van der Waals surface area contributed by atoms with Crippen molar-refractivity contribution in [1.29, 1.82) is 0 Å². The van der Waals surface area contributed by atoms with Gasteiger partial charge in [-0.25, -0.2) is 0 Å². The van der Waals surface area contributed by atoms with E-state index < -0.39 is 6.04 Å². The van der Waals surface area contributed by atoms with E-state index in [0.717, 1.165) is 48.6 Å². The highest BCUT2D eigenvalue weighted by Crippen LogP contribution is 2.25. The minimum absolute atomic E-state index is 0.277. The Balaban J connectivity index is 1.36. The topological polar surface area (TPSA) is 88.9 Å². The van der Waals surface area contributed by atoms with Crippen molar-refractivity contribution in [2.75, 3.05) is 5.32 Å². The average Bonchev–Trinajstić information content (AvgIpc) is 3.17. The number of benzene rings is 3. The maximum Gasteiger partial charge on any atom is 0.251 e. The Kier molecular flexibility index (Phi) is 7.17. The lowest BCUT2D eigenvalue weighted by molar-refractivity contribution is -0.118. The van der Waals surface area contributed by atoms with E-state index in [-0.39, 0.29) is 11.8 Å². The predicted octanol–water partition coefficient (Wildman–Crippen LogP) is 4.65. The van der Waals surface area contributed by atoms with Gasteiger partial charge in [0.15, 0.2) is 5.82 Å². The quantitative estimate of drug-likeness (QED) is 0.404. The predicted molar refractivity (Wildman–Crippen MR) is 139 cm³/mol. The second kappa shape index (κ2) is 11.0. The zero-order valence-corrected chi connectivity index (χ0v) is 20.1. The van der Waals surface area contributed by atoms with Crippen LogP contribution in [0.25, 0.3) is 11.4 Å².